The third kappa shape index (κ3) is 3.94. The van der Waals surface area contributed by atoms with Crippen LogP contribution in [0.1, 0.15) is 45.6 Å². The van der Waals surface area contributed by atoms with Gasteiger partial charge in [-0.2, -0.15) is 0 Å². The van der Waals surface area contributed by atoms with Crippen molar-refractivity contribution in [2.75, 3.05) is 0 Å². The van der Waals surface area contributed by atoms with Gasteiger partial charge in [-0.3, -0.25) is 19.1 Å². The Morgan fingerprint density at radius 3 is 2.57 bits per heavy atom. The molecule has 3 rings (SSSR count). The Balaban J connectivity index is 2.24. The minimum absolute atomic E-state index is 0.00492. The summed E-state index contributed by atoms with van der Waals surface area (Å²) in [6.45, 7) is 5.38. The summed E-state index contributed by atoms with van der Waals surface area (Å²) in [5, 5.41) is 0.273. The van der Waals surface area contributed by atoms with Gasteiger partial charge in [0.1, 0.15) is 16.5 Å². The van der Waals surface area contributed by atoms with Crippen molar-refractivity contribution in [1.29, 1.82) is 0 Å². The predicted octanol–water partition coefficient (Wildman–Crippen LogP) is 2.44. The summed E-state index contributed by atoms with van der Waals surface area (Å²) in [5.74, 6) is -0.478. The predicted molar refractivity (Wildman–Crippen MR) is 106 cm³/mol. The van der Waals surface area contributed by atoms with Gasteiger partial charge in [0.15, 0.2) is 0 Å². The Kier molecular flexibility index (Phi) is 5.56. The molecule has 0 fully saturated rings. The number of aryl methyl sites for hydroxylation is 2. The van der Waals surface area contributed by atoms with Crippen LogP contribution in [0.3, 0.4) is 0 Å². The first-order valence-corrected chi connectivity index (χ1v) is 9.15. The van der Waals surface area contributed by atoms with Gasteiger partial charge in [-0.1, -0.05) is 24.6 Å². The number of ketones is 1. The van der Waals surface area contributed by atoms with Gasteiger partial charge in [0.05, 0.1) is 12.2 Å². The molecule has 3 aromatic heterocycles. The summed E-state index contributed by atoms with van der Waals surface area (Å²) in [4.78, 5) is 48.9. The molecule has 0 aliphatic heterocycles. The van der Waals surface area contributed by atoms with Gasteiger partial charge in [0.25, 0.3) is 5.56 Å². The van der Waals surface area contributed by atoms with E-state index in [1.54, 1.807) is 38.1 Å². The molecule has 1 N–H and O–H groups in total. The maximum atomic E-state index is 13.3. The second-order valence-electron chi connectivity index (χ2n) is 6.48. The molecule has 0 aliphatic carbocycles. The van der Waals surface area contributed by atoms with E-state index in [1.165, 1.54) is 4.57 Å². The molecule has 0 radical (unpaired) electrons. The maximum absolute atomic E-state index is 13.3. The highest BCUT2D eigenvalue weighted by Gasteiger charge is 2.23. The number of aromatic nitrogens is 4. The smallest absolute Gasteiger partial charge is 0.285 e. The van der Waals surface area contributed by atoms with E-state index in [-0.39, 0.29) is 35.1 Å². The molecule has 8 heteroatoms. The molecule has 144 valence electrons. The van der Waals surface area contributed by atoms with Crippen LogP contribution in [0, 0.1) is 13.8 Å². The summed E-state index contributed by atoms with van der Waals surface area (Å²) >= 11 is 5.93. The van der Waals surface area contributed by atoms with E-state index in [2.05, 4.69) is 15.0 Å². The third-order valence-corrected chi connectivity index (χ3v) is 4.50. The van der Waals surface area contributed by atoms with Crippen molar-refractivity contribution < 1.29 is 4.79 Å². The van der Waals surface area contributed by atoms with Crippen LogP contribution in [0.15, 0.2) is 39.9 Å². The molecule has 0 aliphatic rings. The first-order valence-electron chi connectivity index (χ1n) is 8.77. The lowest BCUT2D eigenvalue weighted by Crippen LogP contribution is -2.38. The van der Waals surface area contributed by atoms with Gasteiger partial charge < -0.3 is 0 Å². The number of hydrogen-bond donors (Lipinski definition) is 1. The van der Waals surface area contributed by atoms with Gasteiger partial charge in [-0.25, -0.2) is 14.8 Å². The van der Waals surface area contributed by atoms with Crippen molar-refractivity contribution in [3.63, 3.8) is 0 Å². The fraction of sp³-hybridized carbons (Fsp3) is 0.250. The highest BCUT2D eigenvalue weighted by molar-refractivity contribution is 6.29. The molecule has 0 saturated carbocycles. The lowest BCUT2D eigenvalue weighted by molar-refractivity contribution is 0.102. The lowest BCUT2D eigenvalue weighted by Gasteiger charge is -2.15. The molecule has 0 amide bonds. The number of nitrogens with one attached hydrogen (secondary N) is 1. The minimum atomic E-state index is -0.684. The Morgan fingerprint density at radius 1 is 1.18 bits per heavy atom. The second kappa shape index (κ2) is 7.90. The van der Waals surface area contributed by atoms with Crippen LogP contribution >= 0.6 is 11.6 Å². The Bertz CT molecular complexity index is 1160. The molecular weight excluding hydrogens is 380 g/mol. The average Bonchev–Trinajstić information content (AvgIpc) is 2.62. The van der Waals surface area contributed by atoms with Gasteiger partial charge in [0, 0.05) is 11.3 Å². The van der Waals surface area contributed by atoms with E-state index in [9.17, 15) is 14.4 Å². The number of rotatable bonds is 5. The van der Waals surface area contributed by atoms with E-state index in [0.717, 1.165) is 5.56 Å². The monoisotopic (exact) mass is 398 g/mol. The Hall–Kier alpha value is -3.06. The van der Waals surface area contributed by atoms with Crippen LogP contribution in [0.25, 0.3) is 0 Å². The van der Waals surface area contributed by atoms with Crippen LogP contribution in [0.5, 0.6) is 0 Å². The SMILES string of the molecule is CCc1c(C(=O)c2cc(C)cc(C)n2)n(Cc2cccc(Cl)n2)c(=O)[nH]c1=O. The highest BCUT2D eigenvalue weighted by Crippen LogP contribution is 2.14. The molecular formula is C20H19ClN4O3. The standard InChI is InChI=1S/C20H19ClN4O3/c1-4-14-17(18(26)15-9-11(2)8-12(3)22-15)25(20(28)24-19(14)27)10-13-6-5-7-16(21)23-13/h5-9H,4,10H2,1-3H3,(H,24,27,28). The van der Waals surface area contributed by atoms with Crippen molar-refractivity contribution in [2.24, 2.45) is 0 Å². The zero-order chi connectivity index (χ0) is 20.4. The highest BCUT2D eigenvalue weighted by atomic mass is 35.5. The molecule has 0 spiro atoms. The van der Waals surface area contributed by atoms with Crippen LogP contribution < -0.4 is 11.2 Å². The number of carbonyl (C=O) groups excluding carboxylic acids is 1. The Morgan fingerprint density at radius 2 is 1.93 bits per heavy atom. The van der Waals surface area contributed by atoms with Crippen molar-refractivity contribution in [3.8, 4) is 0 Å². The summed E-state index contributed by atoms with van der Waals surface area (Å²) in [7, 11) is 0. The minimum Gasteiger partial charge on any atom is -0.285 e. The van der Waals surface area contributed by atoms with Gasteiger partial charge >= 0.3 is 5.69 Å². The molecule has 0 bridgehead atoms. The summed E-state index contributed by atoms with van der Waals surface area (Å²) < 4.78 is 1.22. The number of H-pyrrole nitrogens is 1. The lowest BCUT2D eigenvalue weighted by atomic mass is 10.0. The van der Waals surface area contributed by atoms with Gasteiger partial charge in [-0.05, 0) is 50.1 Å². The van der Waals surface area contributed by atoms with E-state index >= 15 is 0 Å². The van der Waals surface area contributed by atoms with Crippen LogP contribution in [-0.2, 0) is 13.0 Å². The molecule has 0 unspecified atom stereocenters. The van der Waals surface area contributed by atoms with Crippen LogP contribution in [0.4, 0.5) is 0 Å². The molecule has 0 saturated heterocycles. The number of hydrogen-bond acceptors (Lipinski definition) is 5. The normalized spacial score (nSPS) is 10.9. The molecule has 0 atom stereocenters. The number of aromatic amines is 1. The molecule has 7 nitrogen and oxygen atoms in total. The largest absolute Gasteiger partial charge is 0.329 e. The van der Waals surface area contributed by atoms with Crippen molar-refractivity contribution >= 4 is 17.4 Å². The summed E-state index contributed by atoms with van der Waals surface area (Å²) in [5.41, 5.74) is 1.22. The first-order chi connectivity index (χ1) is 13.3. The van der Waals surface area contributed by atoms with E-state index in [4.69, 9.17) is 11.6 Å². The summed E-state index contributed by atoms with van der Waals surface area (Å²) in [6.07, 6.45) is 0.282. The quantitative estimate of drug-likeness (QED) is 0.525. The van der Waals surface area contributed by atoms with E-state index < -0.39 is 17.0 Å². The van der Waals surface area contributed by atoms with Crippen molar-refractivity contribution in [2.45, 2.75) is 33.7 Å². The fourth-order valence-corrected chi connectivity index (χ4v) is 3.31. The van der Waals surface area contributed by atoms with Crippen molar-refractivity contribution in [3.05, 3.63) is 90.2 Å². The molecule has 3 aromatic rings. The van der Waals surface area contributed by atoms with E-state index in [1.807, 2.05) is 13.0 Å². The van der Waals surface area contributed by atoms with Gasteiger partial charge in [-0.15, -0.1) is 0 Å². The average molecular weight is 399 g/mol. The topological polar surface area (TPSA) is 97.7 Å². The van der Waals surface area contributed by atoms with Crippen LogP contribution in [-0.4, -0.2) is 25.3 Å². The fourth-order valence-electron chi connectivity index (χ4n) is 3.13. The number of halogens is 1. The van der Waals surface area contributed by atoms with E-state index in [0.29, 0.717) is 11.4 Å². The zero-order valence-electron chi connectivity index (χ0n) is 15.7. The first kappa shape index (κ1) is 19.7. The second-order valence-corrected chi connectivity index (χ2v) is 6.87. The number of pyridine rings is 2. The third-order valence-electron chi connectivity index (χ3n) is 4.29. The molecule has 28 heavy (non-hydrogen) atoms. The summed E-state index contributed by atoms with van der Waals surface area (Å²) in [6, 6.07) is 8.50. The van der Waals surface area contributed by atoms with Gasteiger partial charge in [0.2, 0.25) is 5.78 Å². The number of nitrogens with zero attached hydrogens (tertiary/aromatic N) is 3. The number of carbonyl (C=O) groups is 1. The van der Waals surface area contributed by atoms with Crippen LogP contribution in [0.2, 0.25) is 5.15 Å². The molecule has 0 aromatic carbocycles. The molecule has 3 heterocycles. The zero-order valence-corrected chi connectivity index (χ0v) is 16.5. The van der Waals surface area contributed by atoms with Crippen molar-refractivity contribution in [1.82, 2.24) is 19.5 Å². The maximum Gasteiger partial charge on any atom is 0.329 e. The Labute approximate surface area is 166 Å².